The van der Waals surface area contributed by atoms with Gasteiger partial charge in [-0.3, -0.25) is 0 Å². The van der Waals surface area contributed by atoms with E-state index in [4.69, 9.17) is 0 Å². The predicted molar refractivity (Wildman–Crippen MR) is 99.3 cm³/mol. The monoisotopic (exact) mass is 348 g/mol. The molecule has 0 aliphatic heterocycles. The Morgan fingerprint density at radius 2 is 1.92 bits per heavy atom. The van der Waals surface area contributed by atoms with Crippen LogP contribution in [0.5, 0.6) is 0 Å². The van der Waals surface area contributed by atoms with Crippen LogP contribution in [0.15, 0.2) is 60.8 Å². The van der Waals surface area contributed by atoms with Crippen LogP contribution in [0.2, 0.25) is 0 Å². The van der Waals surface area contributed by atoms with Gasteiger partial charge in [0.05, 0.1) is 29.2 Å². The highest BCUT2D eigenvalue weighted by atomic mass is 16.3. The number of carbonyl (C=O) groups excluding carboxylic acids is 1. The van der Waals surface area contributed by atoms with Crippen LogP contribution >= 0.6 is 0 Å². The van der Waals surface area contributed by atoms with Crippen molar-refractivity contribution in [1.29, 1.82) is 0 Å². The van der Waals surface area contributed by atoms with Crippen molar-refractivity contribution in [3.05, 3.63) is 77.6 Å². The smallest absolute Gasteiger partial charge is 0.319 e. The fraction of sp³-hybridized carbons (Fsp3) is 0.200. The summed E-state index contributed by atoms with van der Waals surface area (Å²) < 4.78 is 1.73. The van der Waals surface area contributed by atoms with Crippen LogP contribution in [0.3, 0.4) is 0 Å². The van der Waals surface area contributed by atoms with Gasteiger partial charge in [-0.15, -0.1) is 0 Å². The Labute approximate surface area is 151 Å². The number of nitrogens with zero attached hydrogens (tertiary/aromatic N) is 2. The number of aromatic nitrogens is 2. The maximum absolute atomic E-state index is 12.5. The zero-order valence-electron chi connectivity index (χ0n) is 14.4. The first-order valence-electron chi connectivity index (χ1n) is 8.57. The van der Waals surface area contributed by atoms with E-state index in [-0.39, 0.29) is 6.03 Å². The Morgan fingerprint density at radius 1 is 1.15 bits per heavy atom. The Bertz CT molecular complexity index is 950. The number of para-hydroxylation sites is 2. The van der Waals surface area contributed by atoms with E-state index in [0.717, 1.165) is 22.5 Å². The molecule has 1 aliphatic rings. The lowest BCUT2D eigenvalue weighted by Crippen LogP contribution is -2.37. The number of aliphatic hydroxyl groups is 1. The number of nitrogens with one attached hydrogen (secondary N) is 2. The van der Waals surface area contributed by atoms with Gasteiger partial charge in [0.25, 0.3) is 0 Å². The highest BCUT2D eigenvalue weighted by Gasteiger charge is 2.31. The lowest BCUT2D eigenvalue weighted by molar-refractivity contribution is 0.144. The average molecular weight is 348 g/mol. The molecule has 1 aliphatic carbocycles. The number of hydrogen-bond donors (Lipinski definition) is 3. The van der Waals surface area contributed by atoms with E-state index in [1.165, 1.54) is 0 Å². The maximum atomic E-state index is 12.5. The van der Waals surface area contributed by atoms with Crippen LogP contribution < -0.4 is 10.6 Å². The van der Waals surface area contributed by atoms with Crippen LogP contribution in [-0.4, -0.2) is 27.0 Å². The topological polar surface area (TPSA) is 79.2 Å². The third-order valence-electron chi connectivity index (χ3n) is 4.61. The summed E-state index contributed by atoms with van der Waals surface area (Å²) >= 11 is 0. The standard InChI is InChI=1S/C20H20N4O2/c1-13-10-11-24(23-13)17-9-5-4-8-16(17)21-20(26)22-19-15-7-3-2-6-14(15)12-18(19)25/h2-11,18-19,25H,12H2,1H3,(H2,21,22,26)/t18-,19+/m1/s1. The third kappa shape index (κ3) is 3.07. The Morgan fingerprint density at radius 3 is 2.73 bits per heavy atom. The zero-order chi connectivity index (χ0) is 18.1. The van der Waals surface area contributed by atoms with Crippen molar-refractivity contribution in [3.63, 3.8) is 0 Å². The van der Waals surface area contributed by atoms with E-state index in [1.807, 2.05) is 67.7 Å². The van der Waals surface area contributed by atoms with Crippen molar-refractivity contribution in [2.75, 3.05) is 5.32 Å². The fourth-order valence-corrected chi connectivity index (χ4v) is 3.38. The second-order valence-electron chi connectivity index (χ2n) is 6.47. The van der Waals surface area contributed by atoms with E-state index >= 15 is 0 Å². The number of aliphatic hydroxyl groups excluding tert-OH is 1. The quantitative estimate of drug-likeness (QED) is 0.681. The second kappa shape index (κ2) is 6.65. The van der Waals surface area contributed by atoms with Gasteiger partial charge in [-0.05, 0) is 36.2 Å². The lowest BCUT2D eigenvalue weighted by atomic mass is 10.1. The van der Waals surface area contributed by atoms with E-state index in [2.05, 4.69) is 15.7 Å². The van der Waals surface area contributed by atoms with Gasteiger partial charge in [-0.25, -0.2) is 9.48 Å². The number of anilines is 1. The number of urea groups is 1. The summed E-state index contributed by atoms with van der Waals surface area (Å²) in [6, 6.07) is 16.4. The number of benzene rings is 2. The summed E-state index contributed by atoms with van der Waals surface area (Å²) in [7, 11) is 0. The summed E-state index contributed by atoms with van der Waals surface area (Å²) in [5.41, 5.74) is 4.36. The molecule has 2 atom stereocenters. The molecule has 6 nitrogen and oxygen atoms in total. The molecule has 0 fully saturated rings. The predicted octanol–water partition coefficient (Wildman–Crippen LogP) is 2.96. The average Bonchev–Trinajstić information content (AvgIpc) is 3.19. The minimum absolute atomic E-state index is 0.359. The number of carbonyl (C=O) groups is 1. The first-order valence-corrected chi connectivity index (χ1v) is 8.57. The van der Waals surface area contributed by atoms with Gasteiger partial charge in [-0.2, -0.15) is 5.10 Å². The number of fused-ring (bicyclic) bond motifs is 1. The molecule has 2 aromatic carbocycles. The largest absolute Gasteiger partial charge is 0.390 e. The molecule has 3 N–H and O–H groups in total. The Hall–Kier alpha value is -3.12. The van der Waals surface area contributed by atoms with Crippen molar-refractivity contribution in [2.45, 2.75) is 25.5 Å². The summed E-state index contributed by atoms with van der Waals surface area (Å²) in [5, 5.41) is 20.5. The summed E-state index contributed by atoms with van der Waals surface area (Å²) in [5.74, 6) is 0. The SMILES string of the molecule is Cc1ccn(-c2ccccc2NC(=O)N[C@H]2c3ccccc3C[C@H]2O)n1. The molecule has 0 saturated carbocycles. The summed E-state index contributed by atoms with van der Waals surface area (Å²) in [6.45, 7) is 1.91. The van der Waals surface area contributed by atoms with Crippen molar-refractivity contribution < 1.29 is 9.90 Å². The first kappa shape index (κ1) is 16.4. The molecule has 6 heteroatoms. The molecule has 1 heterocycles. The maximum Gasteiger partial charge on any atom is 0.319 e. The molecular weight excluding hydrogens is 328 g/mol. The van der Waals surface area contributed by atoms with Gasteiger partial charge >= 0.3 is 6.03 Å². The fourth-order valence-electron chi connectivity index (χ4n) is 3.38. The van der Waals surface area contributed by atoms with Gasteiger partial charge in [0.15, 0.2) is 0 Å². The van der Waals surface area contributed by atoms with Gasteiger partial charge in [0.2, 0.25) is 0 Å². The summed E-state index contributed by atoms with van der Waals surface area (Å²) in [6.07, 6.45) is 1.77. The van der Waals surface area contributed by atoms with Crippen LogP contribution in [0, 0.1) is 6.92 Å². The van der Waals surface area contributed by atoms with E-state index < -0.39 is 12.1 Å². The molecule has 0 bridgehead atoms. The summed E-state index contributed by atoms with van der Waals surface area (Å²) in [4.78, 5) is 12.5. The van der Waals surface area contributed by atoms with Crippen LogP contribution in [-0.2, 0) is 6.42 Å². The molecule has 132 valence electrons. The van der Waals surface area contributed by atoms with Crippen molar-refractivity contribution in [1.82, 2.24) is 15.1 Å². The number of rotatable bonds is 3. The minimum atomic E-state index is -0.623. The minimum Gasteiger partial charge on any atom is -0.390 e. The number of amides is 2. The van der Waals surface area contributed by atoms with Crippen molar-refractivity contribution >= 4 is 11.7 Å². The molecule has 26 heavy (non-hydrogen) atoms. The van der Waals surface area contributed by atoms with Crippen molar-refractivity contribution in [2.24, 2.45) is 0 Å². The molecule has 0 saturated heterocycles. The molecule has 2 amide bonds. The van der Waals surface area contributed by atoms with Crippen molar-refractivity contribution in [3.8, 4) is 5.69 Å². The van der Waals surface area contributed by atoms with E-state index in [1.54, 1.807) is 4.68 Å². The Kier molecular flexibility index (Phi) is 4.18. The van der Waals surface area contributed by atoms with Crippen LogP contribution in [0.25, 0.3) is 5.69 Å². The molecule has 0 radical (unpaired) electrons. The Balaban J connectivity index is 1.53. The van der Waals surface area contributed by atoms with Gasteiger partial charge in [0.1, 0.15) is 0 Å². The molecular formula is C20H20N4O2. The number of hydrogen-bond acceptors (Lipinski definition) is 3. The molecule has 3 aromatic rings. The van der Waals surface area contributed by atoms with E-state index in [0.29, 0.717) is 12.1 Å². The van der Waals surface area contributed by atoms with Gasteiger partial charge in [0, 0.05) is 12.6 Å². The highest BCUT2D eigenvalue weighted by Crippen LogP contribution is 2.31. The van der Waals surface area contributed by atoms with Gasteiger partial charge < -0.3 is 15.7 Å². The normalized spacial score (nSPS) is 18.4. The highest BCUT2D eigenvalue weighted by molar-refractivity contribution is 5.91. The van der Waals surface area contributed by atoms with Gasteiger partial charge in [-0.1, -0.05) is 36.4 Å². The van der Waals surface area contributed by atoms with Crippen LogP contribution in [0.4, 0.5) is 10.5 Å². The van der Waals surface area contributed by atoms with Crippen LogP contribution in [0.1, 0.15) is 22.9 Å². The number of aryl methyl sites for hydroxylation is 1. The van der Waals surface area contributed by atoms with E-state index in [9.17, 15) is 9.90 Å². The first-order chi connectivity index (χ1) is 12.6. The molecule has 1 aromatic heterocycles. The molecule has 0 unspecified atom stereocenters. The molecule has 0 spiro atoms. The third-order valence-corrected chi connectivity index (χ3v) is 4.61. The lowest BCUT2D eigenvalue weighted by Gasteiger charge is -2.19. The zero-order valence-corrected chi connectivity index (χ0v) is 14.4. The second-order valence-corrected chi connectivity index (χ2v) is 6.47. The molecule has 4 rings (SSSR count).